The van der Waals surface area contributed by atoms with Crippen molar-refractivity contribution in [3.63, 3.8) is 0 Å². The third kappa shape index (κ3) is 4.67. The van der Waals surface area contributed by atoms with Crippen LogP contribution in [-0.4, -0.2) is 19.3 Å². The maximum atomic E-state index is 5.62. The van der Waals surface area contributed by atoms with Gasteiger partial charge in [-0.2, -0.15) is 0 Å². The molecule has 0 aromatic heterocycles. The van der Waals surface area contributed by atoms with Crippen molar-refractivity contribution in [3.05, 3.63) is 0 Å². The van der Waals surface area contributed by atoms with E-state index >= 15 is 0 Å². The summed E-state index contributed by atoms with van der Waals surface area (Å²) in [5.41, 5.74) is 0. The molecule has 2 aliphatic rings. The summed E-state index contributed by atoms with van der Waals surface area (Å²) in [4.78, 5) is 0. The molecule has 0 radical (unpaired) electrons. The van der Waals surface area contributed by atoms with Gasteiger partial charge in [0, 0.05) is 0 Å². The van der Waals surface area contributed by atoms with E-state index in [9.17, 15) is 0 Å². The zero-order valence-electron chi connectivity index (χ0n) is 10.2. The zero-order valence-corrected chi connectivity index (χ0v) is 12.7. The Morgan fingerprint density at radius 1 is 0.938 bits per heavy atom. The summed E-state index contributed by atoms with van der Waals surface area (Å²) in [6.45, 7) is 0. The lowest BCUT2D eigenvalue weighted by Crippen LogP contribution is -2.19. The molecule has 2 fully saturated rings. The van der Waals surface area contributed by atoms with Gasteiger partial charge in [0.15, 0.2) is 0 Å². The van der Waals surface area contributed by atoms with Crippen molar-refractivity contribution >= 4 is 19.3 Å². The average molecular weight is 260 g/mol. The van der Waals surface area contributed by atoms with E-state index < -0.39 is 19.3 Å². The number of hydrogen-bond acceptors (Lipinski definition) is 3. The third-order valence-corrected chi connectivity index (χ3v) is 7.67. The summed E-state index contributed by atoms with van der Waals surface area (Å²) < 4.78 is 15.9. The minimum absolute atomic E-state index is 0.739. The molecule has 0 N–H and O–H groups in total. The SMILES string of the molecule is C1CCCCC(C[SiH]2OO[SiH2]O2)CCCC1. The van der Waals surface area contributed by atoms with E-state index in [-0.39, 0.29) is 0 Å². The van der Waals surface area contributed by atoms with E-state index in [0.717, 1.165) is 5.92 Å². The predicted octanol–water partition coefficient (Wildman–Crippen LogP) is 2.32. The van der Waals surface area contributed by atoms with Crippen LogP contribution in [0.3, 0.4) is 0 Å². The van der Waals surface area contributed by atoms with Gasteiger partial charge in [0.1, 0.15) is 0 Å². The summed E-state index contributed by atoms with van der Waals surface area (Å²) in [5.74, 6) is 0.852. The van der Waals surface area contributed by atoms with E-state index in [4.69, 9.17) is 13.3 Å². The van der Waals surface area contributed by atoms with Gasteiger partial charge in [-0.15, -0.1) is 0 Å². The van der Waals surface area contributed by atoms with Crippen LogP contribution in [-0.2, 0) is 13.3 Å². The molecule has 1 aliphatic carbocycles. The Hall–Kier alpha value is 0.314. The highest BCUT2D eigenvalue weighted by Gasteiger charge is 2.25. The molecule has 0 spiro atoms. The smallest absolute Gasteiger partial charge is 0.350 e. The van der Waals surface area contributed by atoms with E-state index in [1.54, 1.807) is 0 Å². The van der Waals surface area contributed by atoms with Crippen molar-refractivity contribution in [2.45, 2.75) is 63.8 Å². The Morgan fingerprint density at radius 2 is 1.56 bits per heavy atom. The molecule has 0 aromatic carbocycles. The van der Waals surface area contributed by atoms with Gasteiger partial charge in [0.25, 0.3) is 0 Å². The molecule has 0 amide bonds. The van der Waals surface area contributed by atoms with Crippen LogP contribution >= 0.6 is 0 Å². The molecular formula is C11H24O3Si2. The fourth-order valence-electron chi connectivity index (χ4n) is 2.74. The standard InChI is InChI=1S/C11H24O3Si2/c1-2-4-6-8-11(9-7-5-3-1)10-16-13-12-15-14-16/h11,16H,1-10,15H2. The minimum atomic E-state index is -1.38. The highest BCUT2D eigenvalue weighted by molar-refractivity contribution is 6.53. The summed E-state index contributed by atoms with van der Waals surface area (Å²) in [5, 5.41) is 0. The van der Waals surface area contributed by atoms with E-state index in [2.05, 4.69) is 0 Å². The molecule has 0 aromatic rings. The van der Waals surface area contributed by atoms with Gasteiger partial charge in [-0.25, -0.2) is 0 Å². The lowest BCUT2D eigenvalue weighted by atomic mass is 9.93. The molecule has 3 nitrogen and oxygen atoms in total. The molecule has 1 atom stereocenters. The Bertz CT molecular complexity index is 176. The maximum Gasteiger partial charge on any atom is 0.350 e. The summed E-state index contributed by atoms with van der Waals surface area (Å²) >= 11 is 0. The van der Waals surface area contributed by atoms with Crippen molar-refractivity contribution < 1.29 is 13.3 Å². The van der Waals surface area contributed by atoms with E-state index in [1.165, 1.54) is 63.8 Å². The van der Waals surface area contributed by atoms with Gasteiger partial charge in [-0.3, -0.25) is 9.15 Å². The van der Waals surface area contributed by atoms with E-state index in [0.29, 0.717) is 0 Å². The second-order valence-corrected chi connectivity index (χ2v) is 8.41. The quantitative estimate of drug-likeness (QED) is 0.563. The molecule has 5 heteroatoms. The number of rotatable bonds is 2. The van der Waals surface area contributed by atoms with Crippen molar-refractivity contribution in [1.29, 1.82) is 0 Å². The van der Waals surface area contributed by atoms with Gasteiger partial charge in [-0.1, -0.05) is 57.8 Å². The molecule has 1 unspecified atom stereocenters. The van der Waals surface area contributed by atoms with Crippen LogP contribution in [0.25, 0.3) is 0 Å². The maximum absolute atomic E-state index is 5.62. The molecule has 2 rings (SSSR count). The summed E-state index contributed by atoms with van der Waals surface area (Å²) in [6.07, 6.45) is 12.8. The minimum Gasteiger partial charge on any atom is -0.418 e. The lowest BCUT2D eigenvalue weighted by Gasteiger charge is -2.19. The predicted molar refractivity (Wildman–Crippen MR) is 68.8 cm³/mol. The molecule has 1 heterocycles. The third-order valence-electron chi connectivity index (χ3n) is 3.73. The lowest BCUT2D eigenvalue weighted by molar-refractivity contribution is -0.0932. The van der Waals surface area contributed by atoms with Crippen molar-refractivity contribution in [1.82, 2.24) is 0 Å². The van der Waals surface area contributed by atoms with Crippen LogP contribution in [0.4, 0.5) is 0 Å². The van der Waals surface area contributed by atoms with Crippen LogP contribution in [0.5, 0.6) is 0 Å². The van der Waals surface area contributed by atoms with Crippen LogP contribution < -0.4 is 0 Å². The van der Waals surface area contributed by atoms with Gasteiger partial charge >= 0.3 is 19.3 Å². The van der Waals surface area contributed by atoms with Crippen LogP contribution in [0.2, 0.25) is 6.04 Å². The Balaban J connectivity index is 1.70. The second kappa shape index (κ2) is 7.60. The van der Waals surface area contributed by atoms with Crippen molar-refractivity contribution in [3.8, 4) is 0 Å². The molecule has 0 bridgehead atoms. The largest absolute Gasteiger partial charge is 0.418 e. The molecule has 1 saturated heterocycles. The Kier molecular flexibility index (Phi) is 6.06. The first-order chi connectivity index (χ1) is 7.95. The second-order valence-electron chi connectivity index (χ2n) is 5.08. The van der Waals surface area contributed by atoms with Crippen molar-refractivity contribution in [2.75, 3.05) is 0 Å². The van der Waals surface area contributed by atoms with Crippen molar-refractivity contribution in [2.24, 2.45) is 5.92 Å². The van der Waals surface area contributed by atoms with Gasteiger partial charge in [0.05, 0.1) is 0 Å². The molecule has 94 valence electrons. The Morgan fingerprint density at radius 3 is 2.12 bits per heavy atom. The van der Waals surface area contributed by atoms with E-state index in [1.807, 2.05) is 0 Å². The first kappa shape index (κ1) is 12.8. The zero-order chi connectivity index (χ0) is 11.1. The fraction of sp³-hybridized carbons (Fsp3) is 1.00. The highest BCUT2D eigenvalue weighted by atomic mass is 28.4. The van der Waals surface area contributed by atoms with Crippen LogP contribution in [0, 0.1) is 5.92 Å². The summed E-state index contributed by atoms with van der Waals surface area (Å²) in [6, 6.07) is 1.19. The molecule has 1 saturated carbocycles. The first-order valence-corrected chi connectivity index (χ1v) is 9.76. The topological polar surface area (TPSA) is 27.7 Å². The summed E-state index contributed by atoms with van der Waals surface area (Å²) in [7, 11) is -2.11. The normalized spacial score (nSPS) is 31.9. The molecular weight excluding hydrogens is 236 g/mol. The molecule has 16 heavy (non-hydrogen) atoms. The fourth-order valence-corrected chi connectivity index (χ4v) is 6.26. The van der Waals surface area contributed by atoms with Gasteiger partial charge in [-0.05, 0) is 12.0 Å². The highest BCUT2D eigenvalue weighted by Crippen LogP contribution is 2.26. The first-order valence-electron chi connectivity index (χ1n) is 6.85. The van der Waals surface area contributed by atoms with Crippen LogP contribution in [0.1, 0.15) is 57.8 Å². The van der Waals surface area contributed by atoms with Gasteiger partial charge in [0.2, 0.25) is 0 Å². The average Bonchev–Trinajstić information content (AvgIpc) is 2.80. The van der Waals surface area contributed by atoms with Gasteiger partial charge < -0.3 is 4.12 Å². The number of hydrogen-bond donors (Lipinski definition) is 0. The molecule has 1 aliphatic heterocycles. The van der Waals surface area contributed by atoms with Crippen LogP contribution in [0.15, 0.2) is 0 Å². The Labute approximate surface area is 103 Å². The monoisotopic (exact) mass is 260 g/mol.